The number of nitrogens with zero attached hydrogens (tertiary/aromatic N) is 2. The molecule has 0 N–H and O–H groups in total. The fraction of sp³-hybridized carbons (Fsp3) is 0.857. The zero-order valence-corrected chi connectivity index (χ0v) is 11.9. The third kappa shape index (κ3) is 2.30. The van der Waals surface area contributed by atoms with E-state index in [0.717, 1.165) is 25.7 Å². The summed E-state index contributed by atoms with van der Waals surface area (Å²) in [6.07, 6.45) is 3.61. The summed E-state index contributed by atoms with van der Waals surface area (Å²) in [7, 11) is 0. The van der Waals surface area contributed by atoms with E-state index in [9.17, 15) is 9.59 Å². The summed E-state index contributed by atoms with van der Waals surface area (Å²) < 4.78 is 5.43. The number of piperazine rings is 1. The molecule has 19 heavy (non-hydrogen) atoms. The van der Waals surface area contributed by atoms with Crippen molar-refractivity contribution in [1.29, 1.82) is 0 Å². The van der Waals surface area contributed by atoms with Crippen LogP contribution in [0.4, 0.5) is 4.79 Å². The smallest absolute Gasteiger partial charge is 0.411 e. The molecule has 3 rings (SSSR count). The molecule has 0 spiro atoms. The number of hydrogen-bond acceptors (Lipinski definition) is 3. The number of amides is 2. The lowest BCUT2D eigenvalue weighted by molar-refractivity contribution is -0.141. The molecule has 5 heteroatoms. The fourth-order valence-electron chi connectivity index (χ4n) is 3.12. The van der Waals surface area contributed by atoms with Crippen molar-refractivity contribution >= 4 is 12.0 Å². The molecule has 2 aliphatic heterocycles. The Bertz CT molecular complexity index is 411. The Balaban J connectivity index is 1.74. The summed E-state index contributed by atoms with van der Waals surface area (Å²) in [5.41, 5.74) is -0.507. The van der Waals surface area contributed by atoms with Crippen molar-refractivity contribution in [2.45, 2.75) is 70.2 Å². The van der Waals surface area contributed by atoms with E-state index in [1.54, 1.807) is 4.90 Å². The van der Waals surface area contributed by atoms with E-state index in [1.165, 1.54) is 0 Å². The Hall–Kier alpha value is -1.26. The molecule has 1 saturated carbocycles. The first-order chi connectivity index (χ1) is 8.87. The number of carbonyl (C=O) groups is 2. The van der Waals surface area contributed by atoms with Crippen LogP contribution in [-0.2, 0) is 9.53 Å². The molecule has 0 aromatic rings. The van der Waals surface area contributed by atoms with Crippen LogP contribution in [-0.4, -0.2) is 52.1 Å². The number of carbonyl (C=O) groups excluding carboxylic acids is 2. The van der Waals surface area contributed by atoms with Crippen LogP contribution in [0.3, 0.4) is 0 Å². The molecule has 2 bridgehead atoms. The summed E-state index contributed by atoms with van der Waals surface area (Å²) in [6, 6.07) is 0.309. The highest BCUT2D eigenvalue weighted by Gasteiger charge is 2.51. The summed E-state index contributed by atoms with van der Waals surface area (Å²) in [4.78, 5) is 28.3. The van der Waals surface area contributed by atoms with Crippen molar-refractivity contribution < 1.29 is 14.3 Å². The fourth-order valence-corrected chi connectivity index (χ4v) is 3.12. The van der Waals surface area contributed by atoms with Crippen LogP contribution in [0, 0.1) is 0 Å². The van der Waals surface area contributed by atoms with Gasteiger partial charge < -0.3 is 9.64 Å². The molecule has 3 fully saturated rings. The highest BCUT2D eigenvalue weighted by Crippen LogP contribution is 2.37. The van der Waals surface area contributed by atoms with Crippen LogP contribution in [0.2, 0.25) is 0 Å². The first-order valence-electron chi connectivity index (χ1n) is 7.18. The van der Waals surface area contributed by atoms with Gasteiger partial charge in [-0.25, -0.2) is 4.79 Å². The summed E-state index contributed by atoms with van der Waals surface area (Å²) in [5.74, 6) is 0.127. The standard InChI is InChI=1S/C14H22N2O3/c1-14(2,3)19-13(18)16-10-6-7-11(16)12(17)15(8-10)9-4-5-9/h9-11H,4-8H2,1-3H3/t10-,11+/m0/s1. The van der Waals surface area contributed by atoms with E-state index in [2.05, 4.69) is 0 Å². The lowest BCUT2D eigenvalue weighted by Gasteiger charge is -2.40. The summed E-state index contributed by atoms with van der Waals surface area (Å²) >= 11 is 0. The predicted octanol–water partition coefficient (Wildman–Crippen LogP) is 1.76. The minimum absolute atomic E-state index is 0.127. The quantitative estimate of drug-likeness (QED) is 0.726. The molecular weight excluding hydrogens is 244 g/mol. The maximum Gasteiger partial charge on any atom is 0.411 e. The molecule has 0 aromatic heterocycles. The molecule has 1 aliphatic carbocycles. The molecule has 2 atom stereocenters. The zero-order chi connectivity index (χ0) is 13.8. The van der Waals surface area contributed by atoms with Gasteiger partial charge in [0.1, 0.15) is 11.6 Å². The normalized spacial score (nSPS) is 30.8. The molecule has 2 heterocycles. The molecule has 2 amide bonds. The van der Waals surface area contributed by atoms with Gasteiger partial charge in [0.05, 0.1) is 6.04 Å². The minimum atomic E-state index is -0.507. The van der Waals surface area contributed by atoms with Crippen LogP contribution >= 0.6 is 0 Å². The zero-order valence-electron chi connectivity index (χ0n) is 11.9. The average Bonchev–Trinajstić information content (AvgIpc) is 3.04. The number of likely N-dealkylation sites (tertiary alicyclic amines) is 1. The van der Waals surface area contributed by atoms with Gasteiger partial charge in [0.15, 0.2) is 0 Å². The van der Waals surface area contributed by atoms with Crippen molar-refractivity contribution in [3.63, 3.8) is 0 Å². The molecule has 5 nitrogen and oxygen atoms in total. The van der Waals surface area contributed by atoms with E-state index in [4.69, 9.17) is 4.74 Å². The predicted molar refractivity (Wildman–Crippen MR) is 69.6 cm³/mol. The van der Waals surface area contributed by atoms with E-state index >= 15 is 0 Å². The monoisotopic (exact) mass is 266 g/mol. The maximum absolute atomic E-state index is 12.4. The Morgan fingerprint density at radius 3 is 2.37 bits per heavy atom. The molecule has 0 aromatic carbocycles. The Kier molecular flexibility index (Phi) is 2.76. The van der Waals surface area contributed by atoms with Crippen LogP contribution in [0.5, 0.6) is 0 Å². The van der Waals surface area contributed by atoms with E-state index in [0.29, 0.717) is 12.6 Å². The Morgan fingerprint density at radius 2 is 1.79 bits per heavy atom. The highest BCUT2D eigenvalue weighted by atomic mass is 16.6. The van der Waals surface area contributed by atoms with E-state index in [-0.39, 0.29) is 24.1 Å². The second kappa shape index (κ2) is 4.12. The molecule has 2 saturated heterocycles. The lowest BCUT2D eigenvalue weighted by atomic mass is 10.1. The largest absolute Gasteiger partial charge is 0.444 e. The minimum Gasteiger partial charge on any atom is -0.444 e. The second-order valence-electron chi connectivity index (χ2n) is 6.86. The molecule has 3 aliphatic rings. The van der Waals surface area contributed by atoms with Crippen molar-refractivity contribution in [3.8, 4) is 0 Å². The molecule has 0 radical (unpaired) electrons. The number of rotatable bonds is 1. The van der Waals surface area contributed by atoms with Gasteiger partial charge in [-0.15, -0.1) is 0 Å². The third-order valence-electron chi connectivity index (χ3n) is 4.07. The highest BCUT2D eigenvalue weighted by molar-refractivity contribution is 5.88. The number of hydrogen-bond donors (Lipinski definition) is 0. The summed E-state index contributed by atoms with van der Waals surface area (Å²) in [5, 5.41) is 0. The van der Waals surface area contributed by atoms with Gasteiger partial charge >= 0.3 is 6.09 Å². The summed E-state index contributed by atoms with van der Waals surface area (Å²) in [6.45, 7) is 6.26. The lowest BCUT2D eigenvalue weighted by Crippen LogP contribution is -2.60. The first-order valence-corrected chi connectivity index (χ1v) is 7.18. The average molecular weight is 266 g/mol. The number of ether oxygens (including phenoxy) is 1. The van der Waals surface area contributed by atoms with E-state index < -0.39 is 5.60 Å². The van der Waals surface area contributed by atoms with Gasteiger partial charge in [-0.3, -0.25) is 9.69 Å². The van der Waals surface area contributed by atoms with E-state index in [1.807, 2.05) is 25.7 Å². The van der Waals surface area contributed by atoms with Crippen LogP contribution < -0.4 is 0 Å². The van der Waals surface area contributed by atoms with Crippen LogP contribution in [0.25, 0.3) is 0 Å². The second-order valence-corrected chi connectivity index (χ2v) is 6.86. The van der Waals surface area contributed by atoms with Crippen molar-refractivity contribution in [1.82, 2.24) is 9.80 Å². The van der Waals surface area contributed by atoms with Gasteiger partial charge in [-0.2, -0.15) is 0 Å². The van der Waals surface area contributed by atoms with Crippen LogP contribution in [0.15, 0.2) is 0 Å². The van der Waals surface area contributed by atoms with Crippen LogP contribution in [0.1, 0.15) is 46.5 Å². The first kappa shape index (κ1) is 12.8. The van der Waals surface area contributed by atoms with Gasteiger partial charge in [0, 0.05) is 12.6 Å². The molecule has 106 valence electrons. The van der Waals surface area contributed by atoms with Crippen molar-refractivity contribution in [2.75, 3.05) is 6.54 Å². The third-order valence-corrected chi connectivity index (χ3v) is 4.07. The maximum atomic E-state index is 12.4. The van der Waals surface area contributed by atoms with Gasteiger partial charge in [0.25, 0.3) is 0 Å². The Labute approximate surface area is 113 Å². The van der Waals surface area contributed by atoms with Crippen molar-refractivity contribution in [3.05, 3.63) is 0 Å². The van der Waals surface area contributed by atoms with Gasteiger partial charge in [0.2, 0.25) is 5.91 Å². The van der Waals surface area contributed by atoms with Gasteiger partial charge in [-0.05, 0) is 46.5 Å². The molecular formula is C14H22N2O3. The topological polar surface area (TPSA) is 49.9 Å². The Morgan fingerprint density at radius 1 is 1.16 bits per heavy atom. The van der Waals surface area contributed by atoms with Crippen molar-refractivity contribution in [2.24, 2.45) is 0 Å². The SMILES string of the molecule is CC(C)(C)OC(=O)N1[C@H]2CC[C@@H]1C(=O)N(C1CC1)C2. The molecule has 0 unspecified atom stereocenters. The number of fused-ring (bicyclic) bond motifs is 2. The van der Waals surface area contributed by atoms with Gasteiger partial charge in [-0.1, -0.05) is 0 Å².